The fraction of sp³-hybridized carbons (Fsp3) is 0.143. The Morgan fingerprint density at radius 3 is 2.81 bits per heavy atom. The highest BCUT2D eigenvalue weighted by molar-refractivity contribution is 5.92. The molecule has 2 N–H and O–H groups in total. The van der Waals surface area contributed by atoms with Crippen molar-refractivity contribution in [2.75, 3.05) is 5.32 Å². The van der Waals surface area contributed by atoms with E-state index in [4.69, 9.17) is 0 Å². The first kappa shape index (κ1) is 17.0. The van der Waals surface area contributed by atoms with E-state index in [1.165, 1.54) is 12.1 Å². The number of benzene rings is 2. The normalized spacial score (nSPS) is 11.0. The van der Waals surface area contributed by atoms with Crippen LogP contribution in [0, 0.1) is 5.82 Å². The molecule has 1 amide bonds. The minimum Gasteiger partial charge on any atom is -0.340 e. The minimum atomic E-state index is -0.352. The Kier molecular flexibility index (Phi) is 4.46. The van der Waals surface area contributed by atoms with Gasteiger partial charge in [0, 0.05) is 23.5 Å². The van der Waals surface area contributed by atoms with Crippen molar-refractivity contribution >= 4 is 22.6 Å². The molecule has 27 heavy (non-hydrogen) atoms. The third kappa shape index (κ3) is 3.46. The summed E-state index contributed by atoms with van der Waals surface area (Å²) in [5, 5.41) is 11.1. The molecule has 4 aromatic rings. The molecule has 6 heteroatoms. The van der Waals surface area contributed by atoms with E-state index < -0.39 is 0 Å². The molecule has 0 saturated heterocycles. The third-order valence-electron chi connectivity index (χ3n) is 4.50. The van der Waals surface area contributed by atoms with Crippen LogP contribution < -0.4 is 5.32 Å². The van der Waals surface area contributed by atoms with Crippen molar-refractivity contribution in [1.82, 2.24) is 14.8 Å². The molecule has 5 nitrogen and oxygen atoms in total. The number of amides is 1. The number of H-pyrrole nitrogens is 1. The van der Waals surface area contributed by atoms with Gasteiger partial charge in [-0.05, 0) is 36.8 Å². The predicted octanol–water partition coefficient (Wildman–Crippen LogP) is 4.37. The molecule has 0 atom stereocenters. The number of hydrogen-bond donors (Lipinski definition) is 2. The van der Waals surface area contributed by atoms with Gasteiger partial charge in [0.25, 0.3) is 0 Å². The molecule has 0 saturated carbocycles. The molecule has 0 spiro atoms. The second kappa shape index (κ2) is 7.07. The average molecular weight is 362 g/mol. The number of fused-ring (bicyclic) bond motifs is 1. The summed E-state index contributed by atoms with van der Waals surface area (Å²) < 4.78 is 15.4. The fourth-order valence-electron chi connectivity index (χ4n) is 3.31. The summed E-state index contributed by atoms with van der Waals surface area (Å²) in [6.45, 7) is 2.91. The number of rotatable bonds is 5. The van der Waals surface area contributed by atoms with Gasteiger partial charge in [-0.1, -0.05) is 30.3 Å². The van der Waals surface area contributed by atoms with Crippen LogP contribution in [0.5, 0.6) is 0 Å². The Balaban J connectivity index is 1.54. The van der Waals surface area contributed by atoms with Crippen molar-refractivity contribution in [3.8, 4) is 11.4 Å². The Morgan fingerprint density at radius 1 is 1.15 bits per heavy atom. The summed E-state index contributed by atoms with van der Waals surface area (Å²) in [6, 6.07) is 18.1. The molecule has 2 aromatic heterocycles. The number of aryl methyl sites for hydroxylation is 1. The molecule has 136 valence electrons. The zero-order valence-electron chi connectivity index (χ0n) is 14.9. The summed E-state index contributed by atoms with van der Waals surface area (Å²) in [7, 11) is 0. The Bertz CT molecular complexity index is 1110. The summed E-state index contributed by atoms with van der Waals surface area (Å²) in [5.41, 5.74) is 3.61. The molecule has 4 rings (SSSR count). The van der Waals surface area contributed by atoms with Crippen LogP contribution in [0.3, 0.4) is 0 Å². The van der Waals surface area contributed by atoms with Crippen LogP contribution >= 0.6 is 0 Å². The van der Waals surface area contributed by atoms with Gasteiger partial charge in [0.1, 0.15) is 5.82 Å². The number of nitrogens with zero attached hydrogens (tertiary/aromatic N) is 2. The summed E-state index contributed by atoms with van der Waals surface area (Å²) >= 11 is 0. The van der Waals surface area contributed by atoms with E-state index in [2.05, 4.69) is 45.2 Å². The highest BCUT2D eigenvalue weighted by atomic mass is 19.1. The quantitative estimate of drug-likeness (QED) is 0.554. The number of halogens is 1. The van der Waals surface area contributed by atoms with E-state index in [1.807, 2.05) is 18.2 Å². The Labute approximate surface area is 155 Å². The highest BCUT2D eigenvalue weighted by Gasteiger charge is 2.13. The second-order valence-electron chi connectivity index (χ2n) is 6.35. The summed E-state index contributed by atoms with van der Waals surface area (Å²) in [6.07, 6.45) is 0.0924. The van der Waals surface area contributed by atoms with E-state index in [0.717, 1.165) is 28.8 Å². The maximum absolute atomic E-state index is 13.2. The van der Waals surface area contributed by atoms with Gasteiger partial charge >= 0.3 is 0 Å². The van der Waals surface area contributed by atoms with Crippen LogP contribution in [0.4, 0.5) is 10.2 Å². The third-order valence-corrected chi connectivity index (χ3v) is 4.50. The van der Waals surface area contributed by atoms with Crippen LogP contribution in [0.15, 0.2) is 60.7 Å². The van der Waals surface area contributed by atoms with Gasteiger partial charge in [-0.25, -0.2) is 4.39 Å². The van der Waals surface area contributed by atoms with Gasteiger partial charge in [0.15, 0.2) is 5.82 Å². The lowest BCUT2D eigenvalue weighted by Gasteiger charge is -2.05. The van der Waals surface area contributed by atoms with Crippen LogP contribution in [0.25, 0.3) is 22.3 Å². The number of nitrogens with one attached hydrogen (secondary N) is 2. The maximum atomic E-state index is 13.2. The molecule has 2 heterocycles. The molecule has 2 aromatic carbocycles. The van der Waals surface area contributed by atoms with Crippen LogP contribution in [0.2, 0.25) is 0 Å². The topological polar surface area (TPSA) is 62.7 Å². The number of aromatic nitrogens is 3. The van der Waals surface area contributed by atoms with Gasteiger partial charge < -0.3 is 9.88 Å². The molecule has 0 bridgehead atoms. The first-order chi connectivity index (χ1) is 13.1. The smallest absolute Gasteiger partial charge is 0.229 e. The molecule has 0 aliphatic carbocycles. The summed E-state index contributed by atoms with van der Waals surface area (Å²) in [5.74, 6) is -0.149. The predicted molar refractivity (Wildman–Crippen MR) is 104 cm³/mol. The van der Waals surface area contributed by atoms with Gasteiger partial charge in [-0.3, -0.25) is 9.89 Å². The molecular formula is C21H19FN4O. The molecule has 0 aliphatic rings. The lowest BCUT2D eigenvalue weighted by Crippen LogP contribution is -2.14. The van der Waals surface area contributed by atoms with Crippen molar-refractivity contribution in [2.45, 2.75) is 19.9 Å². The monoisotopic (exact) mass is 362 g/mol. The zero-order chi connectivity index (χ0) is 18.8. The standard InChI is InChI=1S/C21H19FN4O/c1-2-26-18-9-4-3-7-15(18)12-19(26)17-13-20(25-24-17)23-21(27)11-14-6-5-8-16(22)10-14/h3-10,12-13H,2,11H2,1H3,(H2,23,24,25,27). The zero-order valence-corrected chi connectivity index (χ0v) is 14.9. The van der Waals surface area contributed by atoms with Crippen molar-refractivity contribution in [3.05, 3.63) is 72.0 Å². The molecule has 0 unspecified atom stereocenters. The Morgan fingerprint density at radius 2 is 2.00 bits per heavy atom. The Hall–Kier alpha value is -3.41. The van der Waals surface area contributed by atoms with Crippen molar-refractivity contribution in [3.63, 3.8) is 0 Å². The number of aromatic amines is 1. The largest absolute Gasteiger partial charge is 0.340 e. The van der Waals surface area contributed by atoms with Crippen molar-refractivity contribution in [2.24, 2.45) is 0 Å². The number of para-hydroxylation sites is 1. The summed E-state index contributed by atoms with van der Waals surface area (Å²) in [4.78, 5) is 12.2. The lowest BCUT2D eigenvalue weighted by atomic mass is 10.1. The van der Waals surface area contributed by atoms with E-state index in [9.17, 15) is 9.18 Å². The van der Waals surface area contributed by atoms with Gasteiger partial charge in [0.2, 0.25) is 5.91 Å². The highest BCUT2D eigenvalue weighted by Crippen LogP contribution is 2.28. The van der Waals surface area contributed by atoms with Crippen molar-refractivity contribution < 1.29 is 9.18 Å². The van der Waals surface area contributed by atoms with Crippen LogP contribution in [-0.4, -0.2) is 20.7 Å². The fourth-order valence-corrected chi connectivity index (χ4v) is 3.31. The van der Waals surface area contributed by atoms with E-state index in [-0.39, 0.29) is 18.1 Å². The molecule has 0 radical (unpaired) electrons. The van der Waals surface area contributed by atoms with Crippen LogP contribution in [0.1, 0.15) is 12.5 Å². The van der Waals surface area contributed by atoms with Gasteiger partial charge in [-0.15, -0.1) is 0 Å². The maximum Gasteiger partial charge on any atom is 0.229 e. The molecule has 0 aliphatic heterocycles. The lowest BCUT2D eigenvalue weighted by molar-refractivity contribution is -0.115. The first-order valence-electron chi connectivity index (χ1n) is 8.82. The molecular weight excluding hydrogens is 343 g/mol. The number of hydrogen-bond acceptors (Lipinski definition) is 2. The second-order valence-corrected chi connectivity index (χ2v) is 6.35. The number of anilines is 1. The van der Waals surface area contributed by atoms with E-state index >= 15 is 0 Å². The van der Waals surface area contributed by atoms with Crippen LogP contribution in [-0.2, 0) is 17.8 Å². The van der Waals surface area contributed by atoms with E-state index in [0.29, 0.717) is 11.4 Å². The van der Waals surface area contributed by atoms with E-state index in [1.54, 1.807) is 12.1 Å². The van der Waals surface area contributed by atoms with Crippen molar-refractivity contribution in [1.29, 1.82) is 0 Å². The minimum absolute atomic E-state index is 0.0924. The van der Waals surface area contributed by atoms with Gasteiger partial charge in [-0.2, -0.15) is 5.10 Å². The average Bonchev–Trinajstić information content (AvgIpc) is 3.25. The number of carbonyl (C=O) groups is 1. The SMILES string of the molecule is CCn1c(-c2cc(NC(=O)Cc3cccc(F)c3)n[nH]2)cc2ccccc21. The first-order valence-corrected chi connectivity index (χ1v) is 8.82. The molecule has 0 fully saturated rings. The van der Waals surface area contributed by atoms with Gasteiger partial charge in [0.05, 0.1) is 17.8 Å². The number of carbonyl (C=O) groups excluding carboxylic acids is 1.